The Morgan fingerprint density at radius 1 is 1.22 bits per heavy atom. The SMILES string of the molecule is Cc1ccc(N(CC(=O)N2CCC(C)CC2)S(C)(=O)=O)cc1C. The van der Waals surface area contributed by atoms with Gasteiger partial charge in [0.15, 0.2) is 0 Å². The van der Waals surface area contributed by atoms with Crippen LogP contribution in [0.3, 0.4) is 0 Å². The average Bonchev–Trinajstić information content (AvgIpc) is 2.47. The molecule has 0 N–H and O–H groups in total. The van der Waals surface area contributed by atoms with E-state index < -0.39 is 10.0 Å². The Labute approximate surface area is 139 Å². The highest BCUT2D eigenvalue weighted by Gasteiger charge is 2.26. The van der Waals surface area contributed by atoms with Crippen LogP contribution < -0.4 is 4.31 Å². The number of carbonyl (C=O) groups excluding carboxylic acids is 1. The third-order valence-electron chi connectivity index (χ3n) is 4.59. The minimum atomic E-state index is -3.51. The summed E-state index contributed by atoms with van der Waals surface area (Å²) in [5.41, 5.74) is 2.66. The van der Waals surface area contributed by atoms with Gasteiger partial charge in [0.25, 0.3) is 0 Å². The molecule has 0 saturated carbocycles. The van der Waals surface area contributed by atoms with Crippen LogP contribution in [0, 0.1) is 19.8 Å². The van der Waals surface area contributed by atoms with E-state index in [-0.39, 0.29) is 12.5 Å². The zero-order chi connectivity index (χ0) is 17.2. The summed E-state index contributed by atoms with van der Waals surface area (Å²) in [6.07, 6.45) is 3.11. The third kappa shape index (κ3) is 4.47. The fourth-order valence-corrected chi connectivity index (χ4v) is 3.60. The van der Waals surface area contributed by atoms with Gasteiger partial charge in [-0.15, -0.1) is 0 Å². The molecule has 2 rings (SSSR count). The predicted molar refractivity (Wildman–Crippen MR) is 93.1 cm³/mol. The molecule has 0 bridgehead atoms. The van der Waals surface area contributed by atoms with Crippen molar-refractivity contribution in [3.63, 3.8) is 0 Å². The van der Waals surface area contributed by atoms with E-state index in [1.165, 1.54) is 4.31 Å². The molecule has 0 aliphatic carbocycles. The summed E-state index contributed by atoms with van der Waals surface area (Å²) in [5.74, 6) is 0.505. The summed E-state index contributed by atoms with van der Waals surface area (Å²) in [4.78, 5) is 14.3. The lowest BCUT2D eigenvalue weighted by Gasteiger charge is -2.32. The highest BCUT2D eigenvalue weighted by molar-refractivity contribution is 7.92. The molecule has 0 aromatic heterocycles. The summed E-state index contributed by atoms with van der Waals surface area (Å²) in [6.45, 7) is 7.39. The van der Waals surface area contributed by atoms with E-state index in [2.05, 4.69) is 6.92 Å². The minimum Gasteiger partial charge on any atom is -0.341 e. The van der Waals surface area contributed by atoms with Crippen molar-refractivity contribution in [2.24, 2.45) is 5.92 Å². The first kappa shape index (κ1) is 17.8. The van der Waals surface area contributed by atoms with Gasteiger partial charge < -0.3 is 4.90 Å². The van der Waals surface area contributed by atoms with Crippen molar-refractivity contribution in [2.75, 3.05) is 30.2 Å². The number of nitrogens with zero attached hydrogens (tertiary/aromatic N) is 2. The molecule has 0 unspecified atom stereocenters. The van der Waals surface area contributed by atoms with E-state index in [1.54, 1.807) is 11.0 Å². The average molecular weight is 338 g/mol. The lowest BCUT2D eigenvalue weighted by atomic mass is 9.99. The summed E-state index contributed by atoms with van der Waals surface area (Å²) >= 11 is 0. The van der Waals surface area contributed by atoms with Gasteiger partial charge in [0.1, 0.15) is 6.54 Å². The summed E-state index contributed by atoms with van der Waals surface area (Å²) in [6, 6.07) is 5.47. The molecule has 23 heavy (non-hydrogen) atoms. The predicted octanol–water partition coefficient (Wildman–Crippen LogP) is 2.33. The van der Waals surface area contributed by atoms with Crippen molar-refractivity contribution in [1.82, 2.24) is 4.90 Å². The first-order chi connectivity index (χ1) is 10.7. The standard InChI is InChI=1S/C17H26N2O3S/c1-13-7-9-18(10-8-13)17(20)12-19(23(4,21)22)16-6-5-14(2)15(3)11-16/h5-6,11,13H,7-10,12H2,1-4H3. The molecule has 0 atom stereocenters. The smallest absolute Gasteiger partial charge is 0.243 e. The summed E-state index contributed by atoms with van der Waals surface area (Å²) in [5, 5.41) is 0. The molecule has 1 aliphatic rings. The number of anilines is 1. The van der Waals surface area contributed by atoms with Gasteiger partial charge in [-0.25, -0.2) is 8.42 Å². The van der Waals surface area contributed by atoms with E-state index >= 15 is 0 Å². The zero-order valence-corrected chi connectivity index (χ0v) is 15.2. The van der Waals surface area contributed by atoms with Crippen LogP contribution >= 0.6 is 0 Å². The van der Waals surface area contributed by atoms with Crippen molar-refractivity contribution in [1.29, 1.82) is 0 Å². The second-order valence-electron chi connectivity index (χ2n) is 6.60. The normalized spacial score (nSPS) is 16.4. The number of aryl methyl sites for hydroxylation is 2. The molecule has 1 aliphatic heterocycles. The van der Waals surface area contributed by atoms with Crippen molar-refractivity contribution >= 4 is 21.6 Å². The molecule has 1 fully saturated rings. The Morgan fingerprint density at radius 3 is 2.35 bits per heavy atom. The number of hydrogen-bond acceptors (Lipinski definition) is 3. The van der Waals surface area contributed by atoms with Crippen LogP contribution in [0.15, 0.2) is 18.2 Å². The number of rotatable bonds is 4. The molecule has 5 nitrogen and oxygen atoms in total. The van der Waals surface area contributed by atoms with Gasteiger partial charge >= 0.3 is 0 Å². The van der Waals surface area contributed by atoms with Crippen LogP contribution in [0.5, 0.6) is 0 Å². The molecular weight excluding hydrogens is 312 g/mol. The minimum absolute atomic E-state index is 0.124. The third-order valence-corrected chi connectivity index (χ3v) is 5.73. The number of hydrogen-bond donors (Lipinski definition) is 0. The van der Waals surface area contributed by atoms with E-state index in [4.69, 9.17) is 0 Å². The van der Waals surface area contributed by atoms with Crippen LogP contribution in [-0.4, -0.2) is 45.1 Å². The van der Waals surface area contributed by atoms with Crippen molar-refractivity contribution in [2.45, 2.75) is 33.6 Å². The highest BCUT2D eigenvalue weighted by Crippen LogP contribution is 2.22. The summed E-state index contributed by atoms with van der Waals surface area (Å²) in [7, 11) is -3.51. The molecule has 1 aromatic rings. The fourth-order valence-electron chi connectivity index (χ4n) is 2.76. The lowest BCUT2D eigenvalue weighted by molar-refractivity contribution is -0.130. The Bertz CT molecular complexity index is 677. The second-order valence-corrected chi connectivity index (χ2v) is 8.51. The maximum Gasteiger partial charge on any atom is 0.243 e. The van der Waals surface area contributed by atoms with Gasteiger partial charge in [0.05, 0.1) is 11.9 Å². The van der Waals surface area contributed by atoms with Crippen LogP contribution in [0.4, 0.5) is 5.69 Å². The second kappa shape index (κ2) is 6.91. The first-order valence-corrected chi connectivity index (χ1v) is 9.86. The molecule has 0 radical (unpaired) electrons. The largest absolute Gasteiger partial charge is 0.341 e. The molecule has 0 spiro atoms. The van der Waals surface area contributed by atoms with Crippen molar-refractivity contribution in [3.8, 4) is 0 Å². The number of carbonyl (C=O) groups is 1. The Kier molecular flexibility index (Phi) is 5.34. The Morgan fingerprint density at radius 2 is 1.83 bits per heavy atom. The Hall–Kier alpha value is -1.56. The molecule has 6 heteroatoms. The van der Waals surface area contributed by atoms with Crippen molar-refractivity contribution in [3.05, 3.63) is 29.3 Å². The number of benzene rings is 1. The van der Waals surface area contributed by atoms with Gasteiger partial charge in [-0.05, 0) is 55.9 Å². The number of likely N-dealkylation sites (tertiary alicyclic amines) is 1. The van der Waals surface area contributed by atoms with Crippen LogP contribution in [0.1, 0.15) is 30.9 Å². The molecule has 128 valence electrons. The number of amides is 1. The van der Waals surface area contributed by atoms with Gasteiger partial charge in [0, 0.05) is 13.1 Å². The number of sulfonamides is 1. The Balaban J connectivity index is 2.19. The van der Waals surface area contributed by atoms with Crippen LogP contribution in [0.2, 0.25) is 0 Å². The maximum atomic E-state index is 12.5. The van der Waals surface area contributed by atoms with E-state index in [1.807, 2.05) is 26.0 Å². The molecule has 1 saturated heterocycles. The van der Waals surface area contributed by atoms with Gasteiger partial charge in [-0.2, -0.15) is 0 Å². The summed E-state index contributed by atoms with van der Waals surface area (Å²) < 4.78 is 25.5. The van der Waals surface area contributed by atoms with Gasteiger partial charge in [-0.3, -0.25) is 9.10 Å². The molecular formula is C17H26N2O3S. The van der Waals surface area contributed by atoms with Crippen molar-refractivity contribution < 1.29 is 13.2 Å². The topological polar surface area (TPSA) is 57.7 Å². The quantitative estimate of drug-likeness (QED) is 0.846. The maximum absolute atomic E-state index is 12.5. The monoisotopic (exact) mass is 338 g/mol. The van der Waals surface area contributed by atoms with Crippen LogP contribution in [-0.2, 0) is 14.8 Å². The number of piperidine rings is 1. The zero-order valence-electron chi connectivity index (χ0n) is 14.4. The first-order valence-electron chi connectivity index (χ1n) is 8.01. The molecule has 1 heterocycles. The van der Waals surface area contributed by atoms with E-state index in [0.717, 1.165) is 30.2 Å². The lowest BCUT2D eigenvalue weighted by Crippen LogP contribution is -2.45. The van der Waals surface area contributed by atoms with Gasteiger partial charge in [0.2, 0.25) is 15.9 Å². The fraction of sp³-hybridized carbons (Fsp3) is 0.588. The van der Waals surface area contributed by atoms with Crippen LogP contribution in [0.25, 0.3) is 0 Å². The van der Waals surface area contributed by atoms with E-state index in [9.17, 15) is 13.2 Å². The highest BCUT2D eigenvalue weighted by atomic mass is 32.2. The molecule has 1 amide bonds. The van der Waals surface area contributed by atoms with Gasteiger partial charge in [-0.1, -0.05) is 13.0 Å². The van der Waals surface area contributed by atoms with E-state index in [0.29, 0.717) is 24.7 Å². The molecule has 1 aromatic carbocycles.